The Balaban J connectivity index is 1.65. The number of Topliss-reactive ketones (excluding diaryl/α,β-unsaturated/α-hetero) is 4. The number of ketones is 4. The van der Waals surface area contributed by atoms with Crippen molar-refractivity contribution in [3.63, 3.8) is 0 Å². The Hall–Kier alpha value is -2.57. The minimum Gasteiger partial charge on any atom is -0.461 e. The van der Waals surface area contributed by atoms with Crippen molar-refractivity contribution >= 4 is 29.1 Å². The molecule has 2 aliphatic heterocycles. The molecule has 0 spiro atoms. The summed E-state index contributed by atoms with van der Waals surface area (Å²) in [7, 11) is 3.05. The van der Waals surface area contributed by atoms with Crippen molar-refractivity contribution in [2.75, 3.05) is 14.2 Å². The van der Waals surface area contributed by atoms with Crippen LogP contribution in [0.4, 0.5) is 0 Å². The number of aliphatic hydroxyl groups is 2. The zero-order valence-electron chi connectivity index (χ0n) is 39.6. The number of cyclic esters (lactones) is 1. The highest BCUT2D eigenvalue weighted by atomic mass is 16.6. The predicted molar refractivity (Wildman–Crippen MR) is 239 cm³/mol. The van der Waals surface area contributed by atoms with Crippen LogP contribution in [-0.4, -0.2) is 89.8 Å². The number of rotatable bonds is 5. The first kappa shape index (κ1) is 52.1. The van der Waals surface area contributed by atoms with Gasteiger partial charge in [0.2, 0.25) is 11.6 Å². The molecule has 2 bridgehead atoms. The molecular weight excluding hydrogens is 789 g/mol. The van der Waals surface area contributed by atoms with Crippen LogP contribution >= 0.6 is 0 Å². The standard InChI is InChI=1S/C51H82O11/c1-31-18-12-10-13-19-32(2)43(59-8)29-39-25-24-37(7)51(58,62-39)49(56)47(55)40-22-16-17-23-41(40)50(57)61-44(34(4)28-38-20-14-11-15-21-38)30-42(52)33(3)27-36(6)46(54)48(60-9)45(53)35(5)26-31/h10,13,19,31,33-41,43-44,46,48,54,58H,11-12,14-18,20-30H2,1-9H3/b13-10+,32-19+. The summed E-state index contributed by atoms with van der Waals surface area (Å²) < 4.78 is 24.0. The van der Waals surface area contributed by atoms with Gasteiger partial charge >= 0.3 is 5.97 Å². The Kier molecular flexibility index (Phi) is 20.7. The average Bonchev–Trinajstić information content (AvgIpc) is 3.25. The Morgan fingerprint density at radius 1 is 0.806 bits per heavy atom. The number of carbonyl (C=O) groups excluding carboxylic acids is 5. The normalized spacial score (nSPS) is 39.9. The first-order valence-corrected chi connectivity index (χ1v) is 24.2. The highest BCUT2D eigenvalue weighted by Gasteiger charge is 2.53. The van der Waals surface area contributed by atoms with Crippen LogP contribution in [0.1, 0.15) is 164 Å². The fourth-order valence-corrected chi connectivity index (χ4v) is 10.9. The van der Waals surface area contributed by atoms with Crippen molar-refractivity contribution in [1.82, 2.24) is 0 Å². The van der Waals surface area contributed by atoms with Crippen LogP contribution in [-0.2, 0) is 42.9 Å². The Morgan fingerprint density at radius 3 is 2.13 bits per heavy atom. The molecule has 2 heterocycles. The van der Waals surface area contributed by atoms with Crippen molar-refractivity contribution < 1.29 is 53.1 Å². The molecule has 11 heteroatoms. The van der Waals surface area contributed by atoms with Crippen LogP contribution in [0.3, 0.4) is 0 Å². The van der Waals surface area contributed by atoms with E-state index in [1.54, 1.807) is 14.0 Å². The van der Waals surface area contributed by atoms with Crippen LogP contribution in [0, 0.1) is 53.3 Å². The fourth-order valence-electron chi connectivity index (χ4n) is 10.9. The van der Waals surface area contributed by atoms with Gasteiger partial charge < -0.3 is 29.2 Å². The zero-order chi connectivity index (χ0) is 45.7. The lowest BCUT2D eigenvalue weighted by Crippen LogP contribution is -2.57. The van der Waals surface area contributed by atoms with Gasteiger partial charge in [-0.15, -0.1) is 0 Å². The van der Waals surface area contributed by atoms with Crippen molar-refractivity contribution in [1.29, 1.82) is 0 Å². The van der Waals surface area contributed by atoms with E-state index in [9.17, 15) is 34.2 Å². The second kappa shape index (κ2) is 24.6. The van der Waals surface area contributed by atoms with E-state index in [1.807, 2.05) is 46.8 Å². The van der Waals surface area contributed by atoms with Gasteiger partial charge in [0.25, 0.3) is 5.78 Å². The average molecular weight is 871 g/mol. The van der Waals surface area contributed by atoms with Crippen molar-refractivity contribution in [2.45, 2.75) is 200 Å². The third-order valence-corrected chi connectivity index (χ3v) is 15.2. The quantitative estimate of drug-likeness (QED) is 0.200. The number of aliphatic hydroxyl groups excluding tert-OH is 1. The Morgan fingerprint density at radius 2 is 1.47 bits per heavy atom. The molecule has 0 radical (unpaired) electrons. The van der Waals surface area contributed by atoms with Gasteiger partial charge in [0, 0.05) is 50.7 Å². The molecule has 0 aromatic heterocycles. The maximum atomic E-state index is 14.3. The smallest absolute Gasteiger partial charge is 0.309 e. The van der Waals surface area contributed by atoms with Crippen LogP contribution in [0.2, 0.25) is 0 Å². The van der Waals surface area contributed by atoms with Crippen LogP contribution in [0.5, 0.6) is 0 Å². The molecule has 2 saturated carbocycles. The Labute approximate surface area is 372 Å². The van der Waals surface area contributed by atoms with Gasteiger partial charge in [-0.25, -0.2) is 0 Å². The van der Waals surface area contributed by atoms with Gasteiger partial charge in [-0.1, -0.05) is 105 Å². The molecule has 0 aromatic carbocycles. The topological polar surface area (TPSA) is 163 Å². The molecule has 14 atom stereocenters. The monoisotopic (exact) mass is 871 g/mol. The lowest BCUT2D eigenvalue weighted by atomic mass is 9.73. The summed E-state index contributed by atoms with van der Waals surface area (Å²) in [6.45, 7) is 13.4. The van der Waals surface area contributed by atoms with E-state index in [4.69, 9.17) is 18.9 Å². The van der Waals surface area contributed by atoms with Gasteiger partial charge in [-0.05, 0) is 94.0 Å². The Bertz CT molecular complexity index is 1550. The first-order chi connectivity index (χ1) is 29.4. The summed E-state index contributed by atoms with van der Waals surface area (Å²) in [4.78, 5) is 70.6. The van der Waals surface area contributed by atoms with E-state index in [2.05, 4.69) is 13.0 Å². The van der Waals surface area contributed by atoms with Crippen molar-refractivity contribution in [3.05, 3.63) is 23.8 Å². The molecule has 14 unspecified atom stereocenters. The minimum atomic E-state index is -2.34. The lowest BCUT2D eigenvalue weighted by molar-refractivity contribution is -0.265. The first-order valence-electron chi connectivity index (χ1n) is 24.2. The molecule has 1 saturated heterocycles. The number of fused-ring (bicyclic) bond motifs is 3. The summed E-state index contributed by atoms with van der Waals surface area (Å²) in [5, 5.41) is 23.4. The molecule has 0 aromatic rings. The maximum Gasteiger partial charge on any atom is 0.309 e. The molecule has 4 aliphatic rings. The number of hydrogen-bond donors (Lipinski definition) is 2. The van der Waals surface area contributed by atoms with E-state index in [1.165, 1.54) is 13.5 Å². The maximum absolute atomic E-state index is 14.3. The number of hydrogen-bond acceptors (Lipinski definition) is 11. The molecule has 2 aliphatic carbocycles. The summed E-state index contributed by atoms with van der Waals surface area (Å²) in [5.74, 6) is -8.22. The summed E-state index contributed by atoms with van der Waals surface area (Å²) in [6.07, 6.45) is 14.8. The van der Waals surface area contributed by atoms with Crippen LogP contribution in [0.15, 0.2) is 23.8 Å². The molecule has 62 heavy (non-hydrogen) atoms. The number of allylic oxidation sites excluding steroid dienone is 3. The molecule has 2 N–H and O–H groups in total. The third-order valence-electron chi connectivity index (χ3n) is 15.2. The van der Waals surface area contributed by atoms with Crippen molar-refractivity contribution in [3.8, 4) is 0 Å². The second-order valence-electron chi connectivity index (χ2n) is 20.2. The largest absolute Gasteiger partial charge is 0.461 e. The third kappa shape index (κ3) is 14.0. The van der Waals surface area contributed by atoms with E-state index < -0.39 is 77.3 Å². The van der Waals surface area contributed by atoms with E-state index in [0.717, 1.165) is 50.5 Å². The van der Waals surface area contributed by atoms with E-state index in [-0.39, 0.29) is 41.8 Å². The van der Waals surface area contributed by atoms with Gasteiger partial charge in [-0.2, -0.15) is 0 Å². The molecular formula is C51H82O11. The predicted octanol–water partition coefficient (Wildman–Crippen LogP) is 8.88. The van der Waals surface area contributed by atoms with Crippen molar-refractivity contribution in [2.24, 2.45) is 53.3 Å². The second-order valence-corrected chi connectivity index (χ2v) is 20.2. The van der Waals surface area contributed by atoms with E-state index >= 15 is 0 Å². The molecule has 11 nitrogen and oxygen atoms in total. The molecule has 3 fully saturated rings. The lowest BCUT2D eigenvalue weighted by Gasteiger charge is -2.42. The van der Waals surface area contributed by atoms with Crippen LogP contribution in [0.25, 0.3) is 0 Å². The number of ether oxygens (including phenoxy) is 4. The SMILES string of the molecule is COC1CC2CCC(C)C(O)(O2)C(=O)C(=O)C2CCCCC2C(=O)OC(C(C)CC2CCCCC2)CC(=O)C(C)CC(C)C(O)C(OC)C(=O)C(C)CC(C)CC/C=C/C=C/1C. The molecule has 0 amide bonds. The van der Waals surface area contributed by atoms with E-state index in [0.29, 0.717) is 63.7 Å². The minimum absolute atomic E-state index is 0.0196. The fraction of sp³-hybridized carbons (Fsp3) is 0.824. The van der Waals surface area contributed by atoms with Gasteiger partial charge in [0.1, 0.15) is 18.0 Å². The highest BCUT2D eigenvalue weighted by molar-refractivity contribution is 6.41. The van der Waals surface area contributed by atoms with Gasteiger partial charge in [0.15, 0.2) is 5.78 Å². The summed E-state index contributed by atoms with van der Waals surface area (Å²) >= 11 is 0. The van der Waals surface area contributed by atoms with Crippen LogP contribution < -0.4 is 0 Å². The summed E-state index contributed by atoms with van der Waals surface area (Å²) in [6, 6.07) is 0. The highest BCUT2D eigenvalue weighted by Crippen LogP contribution is 2.40. The number of methoxy groups -OCH3 is 2. The van der Waals surface area contributed by atoms with Gasteiger partial charge in [0.05, 0.1) is 24.2 Å². The number of esters is 1. The van der Waals surface area contributed by atoms with Gasteiger partial charge in [-0.3, -0.25) is 24.0 Å². The number of carbonyl (C=O) groups is 5. The zero-order valence-corrected chi connectivity index (χ0v) is 39.6. The molecule has 352 valence electrons. The summed E-state index contributed by atoms with van der Waals surface area (Å²) in [5.41, 5.74) is 0.942. The molecule has 4 rings (SSSR count).